The molecular formula is C14H16BrN2O2S+. The van der Waals surface area contributed by atoms with Crippen molar-refractivity contribution in [1.29, 1.82) is 0 Å². The molecule has 20 heavy (non-hydrogen) atoms. The van der Waals surface area contributed by atoms with Crippen LogP contribution in [0.4, 0.5) is 5.69 Å². The van der Waals surface area contributed by atoms with Gasteiger partial charge in [0.15, 0.2) is 6.04 Å². The quantitative estimate of drug-likeness (QED) is 0.794. The maximum absolute atomic E-state index is 12.6. The van der Waals surface area contributed by atoms with Gasteiger partial charge in [-0.25, -0.2) is 4.90 Å². The van der Waals surface area contributed by atoms with E-state index < -0.39 is 0 Å². The standard InChI is InChI=1S/C14H15BrN2O2S/c15-10-1-3-11(4-2-10)17-13(18)9-12(14(17)19)16-5-7-20-8-6-16/h1-4,12H,5-9H2/p+1/t12-/m0/s1. The lowest BCUT2D eigenvalue weighted by molar-refractivity contribution is -0.911. The van der Waals surface area contributed by atoms with Crippen molar-refractivity contribution >= 4 is 45.2 Å². The van der Waals surface area contributed by atoms with Crippen molar-refractivity contribution in [2.75, 3.05) is 29.5 Å². The minimum atomic E-state index is -0.188. The Labute approximate surface area is 130 Å². The van der Waals surface area contributed by atoms with Gasteiger partial charge in [0.05, 0.1) is 25.2 Å². The Bertz CT molecular complexity index is 528. The first-order chi connectivity index (χ1) is 9.66. The molecule has 0 bridgehead atoms. The minimum absolute atomic E-state index is 0.0424. The molecule has 2 aliphatic rings. The molecule has 0 aromatic heterocycles. The molecule has 1 N–H and O–H groups in total. The van der Waals surface area contributed by atoms with Crippen LogP contribution in [0.15, 0.2) is 28.7 Å². The molecule has 1 aromatic carbocycles. The van der Waals surface area contributed by atoms with Gasteiger partial charge in [-0.2, -0.15) is 11.8 Å². The monoisotopic (exact) mass is 355 g/mol. The van der Waals surface area contributed by atoms with Crippen LogP contribution in [0.5, 0.6) is 0 Å². The van der Waals surface area contributed by atoms with Gasteiger partial charge in [0.1, 0.15) is 0 Å². The van der Waals surface area contributed by atoms with Gasteiger partial charge in [0.25, 0.3) is 5.91 Å². The Balaban J connectivity index is 1.81. The van der Waals surface area contributed by atoms with Crippen molar-refractivity contribution < 1.29 is 14.5 Å². The van der Waals surface area contributed by atoms with E-state index >= 15 is 0 Å². The molecule has 3 rings (SSSR count). The number of thioether (sulfide) groups is 1. The fourth-order valence-corrected chi connectivity index (χ4v) is 4.08. The second-order valence-corrected chi connectivity index (χ2v) is 7.21. The van der Waals surface area contributed by atoms with E-state index in [4.69, 9.17) is 0 Å². The topological polar surface area (TPSA) is 41.8 Å². The fraction of sp³-hybridized carbons (Fsp3) is 0.429. The highest BCUT2D eigenvalue weighted by Gasteiger charge is 2.45. The van der Waals surface area contributed by atoms with Crippen LogP contribution in [-0.4, -0.2) is 42.5 Å². The number of hydrogen-bond donors (Lipinski definition) is 1. The Kier molecular flexibility index (Phi) is 4.14. The maximum atomic E-state index is 12.6. The number of carbonyl (C=O) groups is 2. The van der Waals surface area contributed by atoms with Crippen LogP contribution in [-0.2, 0) is 9.59 Å². The third kappa shape index (κ3) is 2.64. The Morgan fingerprint density at radius 2 is 1.80 bits per heavy atom. The lowest BCUT2D eigenvalue weighted by Crippen LogP contribution is -3.18. The number of carbonyl (C=O) groups excluding carboxylic acids is 2. The van der Waals surface area contributed by atoms with Crippen molar-refractivity contribution in [1.82, 2.24) is 0 Å². The molecule has 2 heterocycles. The molecule has 6 heteroatoms. The van der Waals surface area contributed by atoms with E-state index in [0.717, 1.165) is 29.1 Å². The molecule has 4 nitrogen and oxygen atoms in total. The zero-order valence-corrected chi connectivity index (χ0v) is 13.4. The van der Waals surface area contributed by atoms with Crippen molar-refractivity contribution in [3.05, 3.63) is 28.7 Å². The van der Waals surface area contributed by atoms with E-state index in [-0.39, 0.29) is 17.9 Å². The molecule has 1 atom stereocenters. The van der Waals surface area contributed by atoms with Gasteiger partial charge >= 0.3 is 0 Å². The van der Waals surface area contributed by atoms with Crippen molar-refractivity contribution in [2.45, 2.75) is 12.5 Å². The molecule has 2 saturated heterocycles. The summed E-state index contributed by atoms with van der Waals surface area (Å²) in [6, 6.07) is 7.14. The highest BCUT2D eigenvalue weighted by atomic mass is 79.9. The van der Waals surface area contributed by atoms with Gasteiger partial charge in [-0.15, -0.1) is 0 Å². The van der Waals surface area contributed by atoms with Crippen molar-refractivity contribution in [3.8, 4) is 0 Å². The molecule has 0 radical (unpaired) electrons. The Morgan fingerprint density at radius 3 is 2.45 bits per heavy atom. The van der Waals surface area contributed by atoms with Crippen LogP contribution in [0.25, 0.3) is 0 Å². The Morgan fingerprint density at radius 1 is 1.15 bits per heavy atom. The number of benzene rings is 1. The number of anilines is 1. The number of halogens is 1. The largest absolute Gasteiger partial charge is 0.323 e. The van der Waals surface area contributed by atoms with Gasteiger partial charge in [-0.1, -0.05) is 15.9 Å². The van der Waals surface area contributed by atoms with Crippen LogP contribution in [0.3, 0.4) is 0 Å². The summed E-state index contributed by atoms with van der Waals surface area (Å²) >= 11 is 5.29. The van der Waals surface area contributed by atoms with E-state index in [0.29, 0.717) is 12.1 Å². The second-order valence-electron chi connectivity index (χ2n) is 5.07. The van der Waals surface area contributed by atoms with E-state index in [1.54, 1.807) is 0 Å². The first kappa shape index (κ1) is 14.1. The normalized spacial score (nSPS) is 24.4. The van der Waals surface area contributed by atoms with Crippen LogP contribution < -0.4 is 9.80 Å². The molecule has 2 fully saturated rings. The zero-order valence-electron chi connectivity index (χ0n) is 11.0. The van der Waals surface area contributed by atoms with Crippen LogP contribution in [0.1, 0.15) is 6.42 Å². The molecule has 106 valence electrons. The summed E-state index contributed by atoms with van der Waals surface area (Å²) in [6.45, 7) is 1.95. The molecule has 2 amide bonds. The maximum Gasteiger partial charge on any atom is 0.292 e. The summed E-state index contributed by atoms with van der Waals surface area (Å²) in [5.41, 5.74) is 0.677. The number of amides is 2. The fourth-order valence-electron chi connectivity index (χ4n) is 2.79. The number of nitrogens with zero attached hydrogens (tertiary/aromatic N) is 1. The molecule has 2 aliphatic heterocycles. The number of rotatable bonds is 2. The molecule has 0 spiro atoms. The van der Waals surface area contributed by atoms with Crippen LogP contribution >= 0.6 is 27.7 Å². The summed E-state index contributed by atoms with van der Waals surface area (Å²) < 4.78 is 0.940. The molecule has 0 saturated carbocycles. The third-order valence-corrected chi connectivity index (χ3v) is 5.37. The first-order valence-corrected chi connectivity index (χ1v) is 8.66. The number of hydrogen-bond acceptors (Lipinski definition) is 3. The first-order valence-electron chi connectivity index (χ1n) is 6.71. The SMILES string of the molecule is O=C1C[C@H]([NH+]2CCSCC2)C(=O)N1c1ccc(Br)cc1. The summed E-state index contributed by atoms with van der Waals surface area (Å²) in [4.78, 5) is 27.4. The average Bonchev–Trinajstić information content (AvgIpc) is 2.76. The van der Waals surface area contributed by atoms with Gasteiger partial charge in [0, 0.05) is 16.0 Å². The Hall–Kier alpha value is -0.850. The molecule has 0 aliphatic carbocycles. The second kappa shape index (κ2) is 5.87. The lowest BCUT2D eigenvalue weighted by atomic mass is 10.2. The molecule has 0 unspecified atom stereocenters. The van der Waals surface area contributed by atoms with Gasteiger partial charge in [-0.3, -0.25) is 9.59 Å². The van der Waals surface area contributed by atoms with Gasteiger partial charge < -0.3 is 4.90 Å². The van der Waals surface area contributed by atoms with Crippen molar-refractivity contribution in [2.24, 2.45) is 0 Å². The summed E-state index contributed by atoms with van der Waals surface area (Å²) in [6.07, 6.45) is 0.342. The average molecular weight is 356 g/mol. The zero-order chi connectivity index (χ0) is 14.1. The number of nitrogens with one attached hydrogen (secondary N) is 1. The third-order valence-electron chi connectivity index (χ3n) is 3.86. The predicted molar refractivity (Wildman–Crippen MR) is 83.1 cm³/mol. The predicted octanol–water partition coefficient (Wildman–Crippen LogP) is 0.713. The minimum Gasteiger partial charge on any atom is -0.323 e. The smallest absolute Gasteiger partial charge is 0.292 e. The van der Waals surface area contributed by atoms with E-state index in [1.807, 2.05) is 36.0 Å². The van der Waals surface area contributed by atoms with E-state index in [9.17, 15) is 9.59 Å². The molecular weight excluding hydrogens is 340 g/mol. The summed E-state index contributed by atoms with van der Waals surface area (Å²) in [7, 11) is 0. The van der Waals surface area contributed by atoms with Gasteiger partial charge in [0.2, 0.25) is 5.91 Å². The van der Waals surface area contributed by atoms with Crippen LogP contribution in [0.2, 0.25) is 0 Å². The van der Waals surface area contributed by atoms with E-state index in [1.165, 1.54) is 9.80 Å². The summed E-state index contributed by atoms with van der Waals surface area (Å²) in [5, 5.41) is 0. The van der Waals surface area contributed by atoms with E-state index in [2.05, 4.69) is 15.9 Å². The van der Waals surface area contributed by atoms with Crippen LogP contribution in [0, 0.1) is 0 Å². The molecule has 1 aromatic rings. The number of imide groups is 1. The van der Waals surface area contributed by atoms with Gasteiger partial charge in [-0.05, 0) is 24.3 Å². The van der Waals surface area contributed by atoms with Crippen molar-refractivity contribution in [3.63, 3.8) is 0 Å². The lowest BCUT2D eigenvalue weighted by Gasteiger charge is -2.27. The highest BCUT2D eigenvalue weighted by Crippen LogP contribution is 2.24. The summed E-state index contributed by atoms with van der Waals surface area (Å²) in [5.74, 6) is 2.03. The number of quaternary nitrogens is 1. The highest BCUT2D eigenvalue weighted by molar-refractivity contribution is 9.10.